The molecule has 0 amide bonds. The molecule has 1 aliphatic rings. The molecule has 4 nitrogen and oxygen atoms in total. The lowest BCUT2D eigenvalue weighted by Crippen LogP contribution is -2.18. The van der Waals surface area contributed by atoms with E-state index in [0.717, 1.165) is 28.8 Å². The zero-order chi connectivity index (χ0) is 13.0. The van der Waals surface area contributed by atoms with Gasteiger partial charge in [-0.1, -0.05) is 15.9 Å². The van der Waals surface area contributed by atoms with Crippen LogP contribution < -0.4 is 10.1 Å². The lowest BCUT2D eigenvalue weighted by Gasteiger charge is -2.10. The maximum atomic E-state index is 11.0. The smallest absolute Gasteiger partial charge is 0.306 e. The third-order valence-corrected chi connectivity index (χ3v) is 3.33. The van der Waals surface area contributed by atoms with Crippen LogP contribution >= 0.6 is 15.9 Å². The van der Waals surface area contributed by atoms with Gasteiger partial charge in [0, 0.05) is 29.5 Å². The van der Waals surface area contributed by atoms with Gasteiger partial charge in [0.2, 0.25) is 0 Å². The number of nitrogens with one attached hydrogen (secondary N) is 1. The van der Waals surface area contributed by atoms with Gasteiger partial charge in [-0.3, -0.25) is 4.79 Å². The van der Waals surface area contributed by atoms with Gasteiger partial charge in [0.25, 0.3) is 0 Å². The quantitative estimate of drug-likeness (QED) is 0.667. The molecular formula is C13H16BrNO3. The van der Waals surface area contributed by atoms with Crippen molar-refractivity contribution in [3.63, 3.8) is 0 Å². The van der Waals surface area contributed by atoms with Crippen molar-refractivity contribution >= 4 is 21.9 Å². The number of methoxy groups -OCH3 is 1. The van der Waals surface area contributed by atoms with Crippen LogP contribution in [-0.4, -0.2) is 26.2 Å². The summed E-state index contributed by atoms with van der Waals surface area (Å²) < 4.78 is 11.3. The second-order valence-electron chi connectivity index (χ2n) is 4.15. The van der Waals surface area contributed by atoms with Crippen LogP contribution in [0.5, 0.6) is 5.75 Å². The van der Waals surface area contributed by atoms with Crippen molar-refractivity contribution in [2.75, 3.05) is 20.3 Å². The van der Waals surface area contributed by atoms with Crippen molar-refractivity contribution in [2.45, 2.75) is 19.4 Å². The third-order valence-electron chi connectivity index (χ3n) is 2.87. The predicted molar refractivity (Wildman–Crippen MR) is 71.7 cm³/mol. The number of fused-ring (bicyclic) bond motifs is 1. The summed E-state index contributed by atoms with van der Waals surface area (Å²) in [5, 5.41) is 3.22. The van der Waals surface area contributed by atoms with E-state index in [1.54, 1.807) is 0 Å². The van der Waals surface area contributed by atoms with E-state index < -0.39 is 0 Å². The van der Waals surface area contributed by atoms with Gasteiger partial charge in [-0.25, -0.2) is 0 Å². The highest BCUT2D eigenvalue weighted by Crippen LogP contribution is 2.32. The number of ether oxygens (including phenoxy) is 2. The largest absolute Gasteiger partial charge is 0.493 e. The number of benzene rings is 1. The number of esters is 1. The molecule has 1 aliphatic heterocycles. The number of hydrogen-bond acceptors (Lipinski definition) is 4. The van der Waals surface area contributed by atoms with E-state index in [-0.39, 0.29) is 5.97 Å². The van der Waals surface area contributed by atoms with E-state index in [0.29, 0.717) is 19.5 Å². The normalized spacial score (nSPS) is 13.0. The minimum Gasteiger partial charge on any atom is -0.493 e. The molecule has 0 aliphatic carbocycles. The fourth-order valence-electron chi connectivity index (χ4n) is 1.99. The maximum Gasteiger partial charge on any atom is 0.306 e. The lowest BCUT2D eigenvalue weighted by molar-refractivity contribution is -0.140. The molecule has 0 saturated carbocycles. The number of halogens is 1. The number of hydrogen-bond donors (Lipinski definition) is 1. The molecule has 5 heteroatoms. The van der Waals surface area contributed by atoms with Gasteiger partial charge in [-0.15, -0.1) is 0 Å². The SMILES string of the molecule is COC(=O)CCNCc1cc(Br)cc2c1OCC2. The molecule has 0 bridgehead atoms. The summed E-state index contributed by atoms with van der Waals surface area (Å²) in [5.74, 6) is 0.794. The lowest BCUT2D eigenvalue weighted by atomic mass is 10.1. The fraction of sp³-hybridized carbons (Fsp3) is 0.462. The van der Waals surface area contributed by atoms with E-state index in [1.807, 2.05) is 0 Å². The van der Waals surface area contributed by atoms with Crippen molar-refractivity contribution in [1.82, 2.24) is 5.32 Å². The second kappa shape index (κ2) is 6.20. The van der Waals surface area contributed by atoms with Crippen LogP contribution in [0.4, 0.5) is 0 Å². The zero-order valence-electron chi connectivity index (χ0n) is 10.3. The summed E-state index contributed by atoms with van der Waals surface area (Å²) in [6.07, 6.45) is 1.34. The highest BCUT2D eigenvalue weighted by atomic mass is 79.9. The van der Waals surface area contributed by atoms with E-state index in [1.165, 1.54) is 12.7 Å². The predicted octanol–water partition coefficient (Wildman–Crippen LogP) is 2.04. The van der Waals surface area contributed by atoms with E-state index >= 15 is 0 Å². The molecule has 0 unspecified atom stereocenters. The van der Waals surface area contributed by atoms with E-state index in [9.17, 15) is 4.79 Å². The Labute approximate surface area is 115 Å². The molecular weight excluding hydrogens is 298 g/mol. The highest BCUT2D eigenvalue weighted by Gasteiger charge is 2.17. The average molecular weight is 314 g/mol. The highest BCUT2D eigenvalue weighted by molar-refractivity contribution is 9.10. The Morgan fingerprint density at radius 1 is 1.56 bits per heavy atom. The van der Waals surface area contributed by atoms with Crippen molar-refractivity contribution in [2.24, 2.45) is 0 Å². The van der Waals surface area contributed by atoms with Crippen LogP contribution in [0.15, 0.2) is 16.6 Å². The molecule has 0 fully saturated rings. The Morgan fingerprint density at radius 3 is 3.17 bits per heavy atom. The topological polar surface area (TPSA) is 47.6 Å². The van der Waals surface area contributed by atoms with Crippen molar-refractivity contribution in [3.8, 4) is 5.75 Å². The molecule has 98 valence electrons. The summed E-state index contributed by atoms with van der Waals surface area (Å²) in [6.45, 7) is 2.05. The first-order chi connectivity index (χ1) is 8.70. The van der Waals surface area contributed by atoms with Gasteiger partial charge in [-0.2, -0.15) is 0 Å². The Morgan fingerprint density at radius 2 is 2.39 bits per heavy atom. The average Bonchev–Trinajstić information content (AvgIpc) is 2.81. The summed E-state index contributed by atoms with van der Waals surface area (Å²) in [5.41, 5.74) is 2.37. The first-order valence-corrected chi connectivity index (χ1v) is 6.71. The number of rotatable bonds is 5. The van der Waals surface area contributed by atoms with Crippen LogP contribution in [0.2, 0.25) is 0 Å². The monoisotopic (exact) mass is 313 g/mol. The summed E-state index contributed by atoms with van der Waals surface area (Å²) >= 11 is 3.50. The number of carbonyl (C=O) groups excluding carboxylic acids is 1. The van der Waals surface area contributed by atoms with Crippen LogP contribution in [0.1, 0.15) is 17.5 Å². The van der Waals surface area contributed by atoms with Crippen molar-refractivity contribution in [1.29, 1.82) is 0 Å². The van der Waals surface area contributed by atoms with Gasteiger partial charge in [0.1, 0.15) is 5.75 Å². The molecule has 18 heavy (non-hydrogen) atoms. The molecule has 0 spiro atoms. The maximum absolute atomic E-state index is 11.0. The first kappa shape index (κ1) is 13.4. The van der Waals surface area contributed by atoms with E-state index in [2.05, 4.69) is 38.1 Å². The molecule has 0 atom stereocenters. The molecule has 0 aromatic heterocycles. The van der Waals surface area contributed by atoms with Crippen molar-refractivity contribution < 1.29 is 14.3 Å². The zero-order valence-corrected chi connectivity index (χ0v) is 11.9. The van der Waals surface area contributed by atoms with Crippen LogP contribution in [0.3, 0.4) is 0 Å². The first-order valence-electron chi connectivity index (χ1n) is 5.92. The molecule has 0 saturated heterocycles. The van der Waals surface area contributed by atoms with Crippen molar-refractivity contribution in [3.05, 3.63) is 27.7 Å². The van der Waals surface area contributed by atoms with Crippen LogP contribution in [0.25, 0.3) is 0 Å². The third kappa shape index (κ3) is 3.23. The summed E-state index contributed by atoms with van der Waals surface area (Å²) in [6, 6.07) is 4.15. The van der Waals surface area contributed by atoms with Gasteiger partial charge in [-0.05, 0) is 17.7 Å². The number of carbonyl (C=O) groups is 1. The Balaban J connectivity index is 1.92. The molecule has 0 radical (unpaired) electrons. The van der Waals surface area contributed by atoms with Gasteiger partial charge in [0.05, 0.1) is 20.1 Å². The van der Waals surface area contributed by atoms with Gasteiger partial charge < -0.3 is 14.8 Å². The van der Waals surface area contributed by atoms with Gasteiger partial charge in [0.15, 0.2) is 0 Å². The fourth-order valence-corrected chi connectivity index (χ4v) is 2.55. The molecule has 1 N–H and O–H groups in total. The Hall–Kier alpha value is -1.07. The Bertz CT molecular complexity index is 448. The van der Waals surface area contributed by atoms with Crippen LogP contribution in [0, 0.1) is 0 Å². The second-order valence-corrected chi connectivity index (χ2v) is 5.07. The van der Waals surface area contributed by atoms with Crippen LogP contribution in [-0.2, 0) is 22.5 Å². The van der Waals surface area contributed by atoms with E-state index in [4.69, 9.17) is 4.74 Å². The Kier molecular flexibility index (Phi) is 4.60. The standard InChI is InChI=1S/C13H16BrNO3/c1-17-12(16)2-4-15-8-10-7-11(14)6-9-3-5-18-13(9)10/h6-7,15H,2-5,8H2,1H3. The summed E-state index contributed by atoms with van der Waals surface area (Å²) in [7, 11) is 1.40. The van der Waals surface area contributed by atoms with Gasteiger partial charge >= 0.3 is 5.97 Å². The molecule has 1 aromatic carbocycles. The minimum atomic E-state index is -0.196. The minimum absolute atomic E-state index is 0.196. The molecule has 2 rings (SSSR count). The molecule has 1 aromatic rings. The molecule has 1 heterocycles. The summed E-state index contributed by atoms with van der Waals surface area (Å²) in [4.78, 5) is 11.0.